The summed E-state index contributed by atoms with van der Waals surface area (Å²) in [6.07, 6.45) is 0.964. The fourth-order valence-corrected chi connectivity index (χ4v) is 4.68. The lowest BCUT2D eigenvalue weighted by molar-refractivity contribution is 0.569. The van der Waals surface area contributed by atoms with Crippen molar-refractivity contribution in [3.8, 4) is 0 Å². The van der Waals surface area contributed by atoms with Crippen molar-refractivity contribution in [1.29, 1.82) is 0 Å². The van der Waals surface area contributed by atoms with Crippen molar-refractivity contribution in [3.63, 3.8) is 0 Å². The molecule has 0 aliphatic heterocycles. The van der Waals surface area contributed by atoms with E-state index in [2.05, 4.69) is 37.9 Å². The number of rotatable bonds is 9. The monoisotopic (exact) mass is 408 g/mol. The molecule has 0 spiro atoms. The molecule has 0 atom stereocenters. The van der Waals surface area contributed by atoms with Gasteiger partial charge in [0.25, 0.3) is 0 Å². The molecule has 27 heavy (non-hydrogen) atoms. The Labute approximate surface area is 166 Å². The van der Waals surface area contributed by atoms with Gasteiger partial charge in [-0.25, -0.2) is 13.1 Å². The van der Waals surface area contributed by atoms with Gasteiger partial charge < -0.3 is 10.6 Å². The first kappa shape index (κ1) is 21.4. The highest BCUT2D eigenvalue weighted by Crippen LogP contribution is 2.09. The van der Waals surface area contributed by atoms with E-state index in [1.165, 1.54) is 4.88 Å². The van der Waals surface area contributed by atoms with Crippen molar-refractivity contribution in [2.24, 2.45) is 4.99 Å². The lowest BCUT2D eigenvalue weighted by Crippen LogP contribution is -2.37. The topological polar surface area (TPSA) is 82.6 Å². The van der Waals surface area contributed by atoms with Gasteiger partial charge in [-0.1, -0.05) is 30.3 Å². The van der Waals surface area contributed by atoms with E-state index in [-0.39, 0.29) is 11.8 Å². The van der Waals surface area contributed by atoms with Gasteiger partial charge in [-0.05, 0) is 42.8 Å². The van der Waals surface area contributed by atoms with Crippen LogP contribution in [0.4, 0.5) is 0 Å². The second-order valence-corrected chi connectivity index (χ2v) is 9.32. The van der Waals surface area contributed by atoms with Crippen LogP contribution in [0.25, 0.3) is 0 Å². The Hall–Kier alpha value is -1.90. The van der Waals surface area contributed by atoms with Crippen LogP contribution in [0.2, 0.25) is 0 Å². The van der Waals surface area contributed by atoms with Gasteiger partial charge in [0.15, 0.2) is 5.96 Å². The number of thiophene rings is 1. The molecule has 3 N–H and O–H groups in total. The van der Waals surface area contributed by atoms with Crippen molar-refractivity contribution in [2.45, 2.75) is 38.6 Å². The normalized spacial score (nSPS) is 12.4. The van der Waals surface area contributed by atoms with Crippen LogP contribution in [0, 0.1) is 0 Å². The summed E-state index contributed by atoms with van der Waals surface area (Å²) in [5, 5.41) is 8.65. The maximum Gasteiger partial charge on any atom is 0.216 e. The largest absolute Gasteiger partial charge is 0.356 e. The molecule has 0 fully saturated rings. The van der Waals surface area contributed by atoms with E-state index < -0.39 is 10.0 Å². The molecule has 6 nitrogen and oxygen atoms in total. The summed E-state index contributed by atoms with van der Waals surface area (Å²) in [7, 11) is -1.55. The zero-order chi connectivity index (χ0) is 19.7. The molecule has 0 saturated carbocycles. The summed E-state index contributed by atoms with van der Waals surface area (Å²) < 4.78 is 26.6. The molecule has 0 radical (unpaired) electrons. The second-order valence-electron chi connectivity index (χ2n) is 6.53. The Kier molecular flexibility index (Phi) is 8.27. The van der Waals surface area contributed by atoms with Crippen LogP contribution in [-0.2, 0) is 28.7 Å². The summed E-state index contributed by atoms with van der Waals surface area (Å²) in [4.78, 5) is 5.57. The fourth-order valence-electron chi connectivity index (χ4n) is 2.54. The van der Waals surface area contributed by atoms with E-state index in [0.29, 0.717) is 6.54 Å². The molecule has 1 aromatic carbocycles. The van der Waals surface area contributed by atoms with Gasteiger partial charge in [0.05, 0.1) is 5.75 Å². The van der Waals surface area contributed by atoms with Crippen molar-refractivity contribution in [2.75, 3.05) is 13.6 Å². The summed E-state index contributed by atoms with van der Waals surface area (Å²) >= 11 is 1.75. The van der Waals surface area contributed by atoms with Crippen LogP contribution in [-0.4, -0.2) is 34.0 Å². The number of benzene rings is 1. The number of aliphatic imine (C=N–C) groups is 1. The third-order valence-electron chi connectivity index (χ3n) is 3.72. The molecule has 148 valence electrons. The van der Waals surface area contributed by atoms with Crippen molar-refractivity contribution < 1.29 is 8.42 Å². The van der Waals surface area contributed by atoms with Gasteiger partial charge in [0.2, 0.25) is 10.0 Å². The molecule has 1 heterocycles. The number of hydrogen-bond acceptors (Lipinski definition) is 4. The second kappa shape index (κ2) is 10.4. The van der Waals surface area contributed by atoms with Crippen LogP contribution < -0.4 is 15.4 Å². The minimum absolute atomic E-state index is 0.00909. The van der Waals surface area contributed by atoms with Crippen molar-refractivity contribution in [1.82, 2.24) is 15.4 Å². The van der Waals surface area contributed by atoms with Crippen LogP contribution in [0.3, 0.4) is 0 Å². The molecule has 1 aromatic heterocycles. The lowest BCUT2D eigenvalue weighted by Gasteiger charge is -2.12. The molecule has 8 heteroatoms. The summed E-state index contributed by atoms with van der Waals surface area (Å²) in [6.45, 7) is 5.07. The van der Waals surface area contributed by atoms with Crippen LogP contribution in [0.1, 0.15) is 29.9 Å². The number of nitrogens with one attached hydrogen (secondary N) is 3. The van der Waals surface area contributed by atoms with Crippen LogP contribution in [0.15, 0.2) is 46.8 Å². The van der Waals surface area contributed by atoms with Crippen LogP contribution in [0.5, 0.6) is 0 Å². The van der Waals surface area contributed by atoms with Crippen molar-refractivity contribution >= 4 is 27.3 Å². The average molecular weight is 409 g/mol. The highest BCUT2D eigenvalue weighted by Gasteiger charge is 2.12. The highest BCUT2D eigenvalue weighted by molar-refractivity contribution is 7.88. The van der Waals surface area contributed by atoms with E-state index in [4.69, 9.17) is 0 Å². The summed E-state index contributed by atoms with van der Waals surface area (Å²) in [5.74, 6) is 0.740. The third kappa shape index (κ3) is 8.11. The van der Waals surface area contributed by atoms with Gasteiger partial charge in [-0.3, -0.25) is 4.99 Å². The maximum atomic E-state index is 12.0. The minimum atomic E-state index is -3.30. The summed E-state index contributed by atoms with van der Waals surface area (Å²) in [6, 6.07) is 11.7. The SMILES string of the molecule is CN=C(NCCc1cccs1)NCc1ccc(CS(=O)(=O)NC(C)C)cc1. The quantitative estimate of drug-likeness (QED) is 0.440. The first-order valence-electron chi connectivity index (χ1n) is 8.92. The van der Waals surface area contributed by atoms with Gasteiger partial charge in [0.1, 0.15) is 0 Å². The Balaban J connectivity index is 1.79. The standard InChI is InChI=1S/C19H28N4O2S2/c1-15(2)23-27(24,25)14-17-8-6-16(7-9-17)13-22-19(20-3)21-11-10-18-5-4-12-26-18/h4-9,12,15,23H,10-11,13-14H2,1-3H3,(H2,20,21,22). The van der Waals surface area contributed by atoms with Gasteiger partial charge in [-0.2, -0.15) is 0 Å². The van der Waals surface area contributed by atoms with E-state index in [0.717, 1.165) is 30.1 Å². The van der Waals surface area contributed by atoms with Crippen LogP contribution >= 0.6 is 11.3 Å². The zero-order valence-electron chi connectivity index (χ0n) is 16.0. The van der Waals surface area contributed by atoms with E-state index in [9.17, 15) is 8.42 Å². The maximum absolute atomic E-state index is 12.0. The molecular weight excluding hydrogens is 380 g/mol. The minimum Gasteiger partial charge on any atom is -0.356 e. The van der Waals surface area contributed by atoms with Gasteiger partial charge >= 0.3 is 0 Å². The molecule has 0 saturated heterocycles. The first-order chi connectivity index (χ1) is 12.9. The smallest absolute Gasteiger partial charge is 0.216 e. The highest BCUT2D eigenvalue weighted by atomic mass is 32.2. The molecule has 0 aliphatic rings. The number of sulfonamides is 1. The summed E-state index contributed by atoms with van der Waals surface area (Å²) in [5.41, 5.74) is 1.83. The van der Waals surface area contributed by atoms with E-state index >= 15 is 0 Å². The van der Waals surface area contributed by atoms with Gasteiger partial charge in [0, 0.05) is 31.1 Å². The first-order valence-corrected chi connectivity index (χ1v) is 11.5. The molecule has 0 unspecified atom stereocenters. The average Bonchev–Trinajstić information content (AvgIpc) is 3.11. The number of guanidine groups is 1. The lowest BCUT2D eigenvalue weighted by atomic mass is 10.1. The predicted molar refractivity (Wildman–Crippen MR) is 114 cm³/mol. The fraction of sp³-hybridized carbons (Fsp3) is 0.421. The van der Waals surface area contributed by atoms with Crippen molar-refractivity contribution in [3.05, 3.63) is 57.8 Å². The molecule has 0 amide bonds. The molecular formula is C19H28N4O2S2. The predicted octanol–water partition coefficient (Wildman–Crippen LogP) is 2.48. The molecule has 0 aliphatic carbocycles. The van der Waals surface area contributed by atoms with E-state index in [1.54, 1.807) is 18.4 Å². The Morgan fingerprint density at radius 1 is 1.11 bits per heavy atom. The Morgan fingerprint density at radius 3 is 2.41 bits per heavy atom. The Bertz CT molecular complexity index is 814. The number of hydrogen-bond donors (Lipinski definition) is 3. The molecule has 0 bridgehead atoms. The third-order valence-corrected chi connectivity index (χ3v) is 6.20. The number of nitrogens with zero attached hydrogens (tertiary/aromatic N) is 1. The van der Waals surface area contributed by atoms with E-state index in [1.807, 2.05) is 38.1 Å². The van der Waals surface area contributed by atoms with Gasteiger partial charge in [-0.15, -0.1) is 11.3 Å². The Morgan fingerprint density at radius 2 is 1.81 bits per heavy atom. The molecule has 2 aromatic rings. The molecule has 2 rings (SSSR count). The zero-order valence-corrected chi connectivity index (χ0v) is 17.7.